The molecule has 4 rings (SSSR count). The number of fused-ring (bicyclic) bond motifs is 7. The SMILES string of the molecule is CC(C)C1C2C3=CCC=CC3=CN(C)C1c1ccccc12. The van der Waals surface area contributed by atoms with Gasteiger partial charge in [0.25, 0.3) is 0 Å². The van der Waals surface area contributed by atoms with Gasteiger partial charge in [-0.2, -0.15) is 0 Å². The third kappa shape index (κ3) is 1.76. The molecule has 2 bridgehead atoms. The van der Waals surface area contributed by atoms with E-state index in [-0.39, 0.29) is 0 Å². The molecule has 1 aliphatic heterocycles. The summed E-state index contributed by atoms with van der Waals surface area (Å²) in [6.45, 7) is 4.77. The predicted molar refractivity (Wildman–Crippen MR) is 87.9 cm³/mol. The molecule has 0 saturated heterocycles. The molecule has 21 heavy (non-hydrogen) atoms. The van der Waals surface area contributed by atoms with Crippen molar-refractivity contribution < 1.29 is 0 Å². The Morgan fingerprint density at radius 1 is 1.14 bits per heavy atom. The highest BCUT2D eigenvalue weighted by Crippen LogP contribution is 2.57. The molecule has 2 aliphatic carbocycles. The van der Waals surface area contributed by atoms with Crippen LogP contribution >= 0.6 is 0 Å². The van der Waals surface area contributed by atoms with Gasteiger partial charge in [0.1, 0.15) is 0 Å². The minimum absolute atomic E-state index is 0.513. The lowest BCUT2D eigenvalue weighted by Crippen LogP contribution is -2.27. The summed E-state index contributed by atoms with van der Waals surface area (Å²) in [5.74, 6) is 1.90. The molecular weight excluding hydrogens is 254 g/mol. The van der Waals surface area contributed by atoms with Gasteiger partial charge in [-0.1, -0.05) is 56.3 Å². The van der Waals surface area contributed by atoms with Gasteiger partial charge in [-0.05, 0) is 40.5 Å². The van der Waals surface area contributed by atoms with E-state index in [9.17, 15) is 0 Å². The van der Waals surface area contributed by atoms with Crippen LogP contribution < -0.4 is 0 Å². The summed E-state index contributed by atoms with van der Waals surface area (Å²) >= 11 is 0. The fraction of sp³-hybridized carbons (Fsp3) is 0.400. The van der Waals surface area contributed by atoms with Crippen molar-refractivity contribution >= 4 is 0 Å². The van der Waals surface area contributed by atoms with E-state index in [1.165, 1.54) is 11.1 Å². The molecule has 3 unspecified atom stereocenters. The second kappa shape index (κ2) is 4.62. The van der Waals surface area contributed by atoms with E-state index in [1.54, 1.807) is 11.1 Å². The van der Waals surface area contributed by atoms with Crippen molar-refractivity contribution in [3.05, 3.63) is 71.0 Å². The molecule has 1 aromatic rings. The zero-order valence-electron chi connectivity index (χ0n) is 13.1. The average Bonchev–Trinajstić information content (AvgIpc) is 2.75. The van der Waals surface area contributed by atoms with Gasteiger partial charge in [-0.15, -0.1) is 0 Å². The Morgan fingerprint density at radius 2 is 1.90 bits per heavy atom. The highest BCUT2D eigenvalue weighted by atomic mass is 15.1. The van der Waals surface area contributed by atoms with Gasteiger partial charge in [0.05, 0.1) is 6.04 Å². The van der Waals surface area contributed by atoms with E-state index < -0.39 is 0 Å². The summed E-state index contributed by atoms with van der Waals surface area (Å²) in [5, 5.41) is 0. The van der Waals surface area contributed by atoms with Crippen LogP contribution in [0.1, 0.15) is 43.4 Å². The molecule has 108 valence electrons. The molecule has 3 atom stereocenters. The van der Waals surface area contributed by atoms with E-state index >= 15 is 0 Å². The summed E-state index contributed by atoms with van der Waals surface area (Å²) in [4.78, 5) is 2.45. The number of nitrogens with zero attached hydrogens (tertiary/aromatic N) is 1. The van der Waals surface area contributed by atoms with Gasteiger partial charge >= 0.3 is 0 Å². The van der Waals surface area contributed by atoms with Crippen molar-refractivity contribution in [3.8, 4) is 0 Å². The third-order valence-electron chi connectivity index (χ3n) is 5.39. The standard InChI is InChI=1S/C20H23N/c1-13(2)18-19-15-9-5-4-8-14(15)12-21(3)20(18)17-11-7-6-10-16(17)19/h4,6-13,18-20H,5H2,1-3H3. The first-order valence-corrected chi connectivity index (χ1v) is 8.08. The largest absolute Gasteiger partial charge is 0.373 e. The zero-order valence-corrected chi connectivity index (χ0v) is 13.1. The van der Waals surface area contributed by atoms with Crippen LogP contribution in [0.3, 0.4) is 0 Å². The summed E-state index contributed by atoms with van der Waals surface area (Å²) in [7, 11) is 2.25. The first-order valence-electron chi connectivity index (χ1n) is 8.08. The van der Waals surface area contributed by atoms with Crippen LogP contribution in [0.15, 0.2) is 59.8 Å². The Balaban J connectivity index is 1.97. The number of allylic oxidation sites excluding steroid dienone is 5. The Hall–Kier alpha value is -1.76. The van der Waals surface area contributed by atoms with Crippen LogP contribution in [0, 0.1) is 11.8 Å². The molecule has 1 heterocycles. The van der Waals surface area contributed by atoms with E-state index in [4.69, 9.17) is 0 Å². The summed E-state index contributed by atoms with van der Waals surface area (Å²) < 4.78 is 0. The van der Waals surface area contributed by atoms with E-state index in [1.807, 2.05) is 0 Å². The van der Waals surface area contributed by atoms with Crippen molar-refractivity contribution in [2.45, 2.75) is 32.2 Å². The molecule has 0 spiro atoms. The summed E-state index contributed by atoms with van der Waals surface area (Å²) in [6, 6.07) is 9.60. The van der Waals surface area contributed by atoms with Crippen LogP contribution in [0.25, 0.3) is 0 Å². The van der Waals surface area contributed by atoms with E-state index in [2.05, 4.69) is 74.5 Å². The average molecular weight is 277 g/mol. The molecule has 1 heteroatoms. The molecule has 0 amide bonds. The van der Waals surface area contributed by atoms with Gasteiger partial charge in [-0.25, -0.2) is 0 Å². The highest BCUT2D eigenvalue weighted by Gasteiger charge is 2.47. The lowest BCUT2D eigenvalue weighted by atomic mass is 9.75. The first kappa shape index (κ1) is 12.9. The third-order valence-corrected chi connectivity index (χ3v) is 5.39. The van der Waals surface area contributed by atoms with Gasteiger partial charge in [0, 0.05) is 19.2 Å². The number of rotatable bonds is 1. The molecule has 1 aromatic carbocycles. The van der Waals surface area contributed by atoms with Gasteiger partial charge in [0.2, 0.25) is 0 Å². The fourth-order valence-corrected chi connectivity index (χ4v) is 4.60. The molecular formula is C20H23N. The highest BCUT2D eigenvalue weighted by molar-refractivity contribution is 5.56. The van der Waals surface area contributed by atoms with Crippen LogP contribution in [0.5, 0.6) is 0 Å². The first-order chi connectivity index (χ1) is 10.2. The van der Waals surface area contributed by atoms with Crippen LogP contribution in [0.2, 0.25) is 0 Å². The number of hydrogen-bond acceptors (Lipinski definition) is 1. The Morgan fingerprint density at radius 3 is 2.67 bits per heavy atom. The fourth-order valence-electron chi connectivity index (χ4n) is 4.60. The van der Waals surface area contributed by atoms with Gasteiger partial charge in [0.15, 0.2) is 0 Å². The second-order valence-electron chi connectivity index (χ2n) is 6.92. The lowest BCUT2D eigenvalue weighted by molar-refractivity contribution is 0.200. The normalized spacial score (nSPS) is 29.7. The zero-order chi connectivity index (χ0) is 14.6. The lowest BCUT2D eigenvalue weighted by Gasteiger charge is -2.32. The monoisotopic (exact) mass is 277 g/mol. The maximum Gasteiger partial charge on any atom is 0.0576 e. The maximum atomic E-state index is 2.45. The van der Waals surface area contributed by atoms with Gasteiger partial charge < -0.3 is 4.90 Å². The Kier molecular flexibility index (Phi) is 2.85. The maximum absolute atomic E-state index is 2.45. The van der Waals surface area contributed by atoms with Crippen molar-refractivity contribution in [1.82, 2.24) is 4.90 Å². The Bertz CT molecular complexity index is 662. The van der Waals surface area contributed by atoms with Crippen molar-refractivity contribution in [2.24, 2.45) is 11.8 Å². The minimum Gasteiger partial charge on any atom is -0.373 e. The topological polar surface area (TPSA) is 3.24 Å². The predicted octanol–water partition coefficient (Wildman–Crippen LogP) is 4.81. The van der Waals surface area contributed by atoms with Crippen LogP contribution in [-0.2, 0) is 0 Å². The smallest absolute Gasteiger partial charge is 0.0576 e. The molecule has 0 N–H and O–H groups in total. The minimum atomic E-state index is 0.513. The molecule has 3 aliphatic rings. The van der Waals surface area contributed by atoms with Crippen LogP contribution in [0.4, 0.5) is 0 Å². The quantitative estimate of drug-likeness (QED) is 0.712. The number of hydrogen-bond donors (Lipinski definition) is 0. The summed E-state index contributed by atoms with van der Waals surface area (Å²) in [6.07, 6.45) is 10.5. The van der Waals surface area contributed by atoms with E-state index in [0.29, 0.717) is 23.8 Å². The second-order valence-corrected chi connectivity index (χ2v) is 6.92. The molecule has 0 saturated carbocycles. The van der Waals surface area contributed by atoms with Crippen molar-refractivity contribution in [1.29, 1.82) is 0 Å². The molecule has 0 aromatic heterocycles. The molecule has 0 fully saturated rings. The molecule has 1 nitrogen and oxygen atoms in total. The Labute approximate surface area is 127 Å². The van der Waals surface area contributed by atoms with Crippen LogP contribution in [-0.4, -0.2) is 11.9 Å². The number of benzene rings is 1. The van der Waals surface area contributed by atoms with E-state index in [0.717, 1.165) is 6.42 Å². The summed E-state index contributed by atoms with van der Waals surface area (Å²) in [5.41, 5.74) is 6.06. The van der Waals surface area contributed by atoms with Gasteiger partial charge in [-0.3, -0.25) is 0 Å². The van der Waals surface area contributed by atoms with Crippen molar-refractivity contribution in [3.63, 3.8) is 0 Å². The molecule has 0 radical (unpaired) electrons. The van der Waals surface area contributed by atoms with Crippen molar-refractivity contribution in [2.75, 3.05) is 7.05 Å².